The number of hydrogen-bond acceptors (Lipinski definition) is 2. The van der Waals surface area contributed by atoms with Crippen LogP contribution in [0.25, 0.3) is 11.0 Å². The molecule has 2 heterocycles. The van der Waals surface area contributed by atoms with Gasteiger partial charge in [-0.2, -0.15) is 0 Å². The largest absolute Gasteiger partial charge is 0.465 e. The third kappa shape index (κ3) is 3.68. The number of likely N-dealkylation sites (tertiary alicyclic amines) is 1. The number of carboxylic acid groups (broad SMARTS) is 1. The molecule has 32 heavy (non-hydrogen) atoms. The van der Waals surface area contributed by atoms with E-state index in [1.54, 1.807) is 4.57 Å². The summed E-state index contributed by atoms with van der Waals surface area (Å²) in [5.74, 6) is 0. The zero-order valence-corrected chi connectivity index (χ0v) is 17.6. The van der Waals surface area contributed by atoms with Gasteiger partial charge in [-0.15, -0.1) is 0 Å². The Morgan fingerprint density at radius 1 is 0.969 bits per heavy atom. The number of carbonyl (C=O) groups is 1. The molecular weight excluding hydrogens is 402 g/mol. The molecule has 4 aromatic rings. The summed E-state index contributed by atoms with van der Waals surface area (Å²) in [6.07, 6.45) is 0.971. The van der Waals surface area contributed by atoms with Gasteiger partial charge in [0.15, 0.2) is 0 Å². The number of nitrogens with one attached hydrogen (secondary N) is 1. The molecule has 0 aliphatic carbocycles. The number of rotatable bonds is 4. The first kappa shape index (κ1) is 20.1. The third-order valence-corrected chi connectivity index (χ3v) is 6.46. The lowest BCUT2D eigenvalue weighted by Gasteiger charge is -2.39. The van der Waals surface area contributed by atoms with E-state index in [4.69, 9.17) is 0 Å². The number of piperidine rings is 1. The van der Waals surface area contributed by atoms with Crippen molar-refractivity contribution < 1.29 is 9.90 Å². The first-order valence-corrected chi connectivity index (χ1v) is 10.9. The van der Waals surface area contributed by atoms with Gasteiger partial charge in [-0.1, -0.05) is 66.7 Å². The van der Waals surface area contributed by atoms with Gasteiger partial charge in [0.1, 0.15) is 0 Å². The van der Waals surface area contributed by atoms with Gasteiger partial charge >= 0.3 is 11.8 Å². The first-order chi connectivity index (χ1) is 15.6. The molecule has 1 aliphatic heterocycles. The van der Waals surface area contributed by atoms with Crippen LogP contribution in [0.1, 0.15) is 41.6 Å². The molecule has 0 radical (unpaired) electrons. The zero-order valence-electron chi connectivity index (χ0n) is 17.6. The van der Waals surface area contributed by atoms with Crippen LogP contribution < -0.4 is 5.69 Å². The average Bonchev–Trinajstić information content (AvgIpc) is 3.15. The van der Waals surface area contributed by atoms with Crippen molar-refractivity contribution in [2.75, 3.05) is 6.54 Å². The van der Waals surface area contributed by atoms with Crippen molar-refractivity contribution in [1.29, 1.82) is 0 Å². The van der Waals surface area contributed by atoms with Crippen LogP contribution in [0, 0.1) is 0 Å². The van der Waals surface area contributed by atoms with Crippen molar-refractivity contribution in [3.8, 4) is 0 Å². The highest BCUT2D eigenvalue weighted by Crippen LogP contribution is 2.39. The molecule has 1 aromatic heterocycles. The summed E-state index contributed by atoms with van der Waals surface area (Å²) in [5.41, 5.74) is 4.83. The van der Waals surface area contributed by atoms with E-state index in [9.17, 15) is 14.7 Å². The van der Waals surface area contributed by atoms with E-state index in [2.05, 4.69) is 23.2 Å². The molecule has 6 nitrogen and oxygen atoms in total. The van der Waals surface area contributed by atoms with Gasteiger partial charge in [-0.05, 0) is 48.1 Å². The highest BCUT2D eigenvalue weighted by Gasteiger charge is 2.35. The Bertz CT molecular complexity index is 1310. The SMILES string of the molecule is O=C(O)N1CCC(n2c(=O)[nH]c3ccccc32)CC1c1ccccc1Cc1ccccc1. The number of hydrogen-bond donors (Lipinski definition) is 2. The monoisotopic (exact) mass is 427 g/mol. The van der Waals surface area contributed by atoms with Crippen molar-refractivity contribution in [3.05, 3.63) is 106 Å². The van der Waals surface area contributed by atoms with Crippen molar-refractivity contribution in [2.24, 2.45) is 0 Å². The normalized spacial score (nSPS) is 18.7. The molecule has 2 unspecified atom stereocenters. The van der Waals surface area contributed by atoms with Crippen LogP contribution in [0.5, 0.6) is 0 Å². The van der Waals surface area contributed by atoms with Gasteiger partial charge in [-0.3, -0.25) is 4.57 Å². The van der Waals surface area contributed by atoms with Crippen LogP contribution in [-0.4, -0.2) is 32.2 Å². The van der Waals surface area contributed by atoms with Crippen LogP contribution in [0.15, 0.2) is 83.7 Å². The number of imidazole rings is 1. The van der Waals surface area contributed by atoms with E-state index in [-0.39, 0.29) is 17.8 Å². The summed E-state index contributed by atoms with van der Waals surface area (Å²) in [6, 6.07) is 25.5. The number of H-pyrrole nitrogens is 1. The first-order valence-electron chi connectivity index (χ1n) is 10.9. The lowest BCUT2D eigenvalue weighted by Crippen LogP contribution is -2.42. The third-order valence-electron chi connectivity index (χ3n) is 6.46. The average molecular weight is 428 g/mol. The van der Waals surface area contributed by atoms with E-state index in [1.807, 2.05) is 60.7 Å². The zero-order chi connectivity index (χ0) is 22.1. The maximum Gasteiger partial charge on any atom is 0.407 e. The quantitative estimate of drug-likeness (QED) is 0.482. The fraction of sp³-hybridized carbons (Fsp3) is 0.231. The second-order valence-electron chi connectivity index (χ2n) is 8.35. The number of aromatic amines is 1. The number of amides is 1. The fourth-order valence-corrected chi connectivity index (χ4v) is 4.98. The maximum absolute atomic E-state index is 12.8. The Morgan fingerprint density at radius 3 is 2.50 bits per heavy atom. The number of nitrogens with zero attached hydrogens (tertiary/aromatic N) is 2. The standard InChI is InChI=1S/C26H25N3O3/c30-25-27-22-12-6-7-13-23(22)29(25)20-14-15-28(26(31)32)24(17-20)21-11-5-4-10-19(21)16-18-8-2-1-3-9-18/h1-13,20,24H,14-17H2,(H,27,30)(H,31,32). The van der Waals surface area contributed by atoms with Crippen molar-refractivity contribution in [2.45, 2.75) is 31.3 Å². The number of aromatic nitrogens is 2. The minimum Gasteiger partial charge on any atom is -0.465 e. The van der Waals surface area contributed by atoms with Gasteiger partial charge < -0.3 is 15.0 Å². The van der Waals surface area contributed by atoms with Gasteiger partial charge in [0, 0.05) is 12.6 Å². The lowest BCUT2D eigenvalue weighted by molar-refractivity contribution is 0.0911. The molecule has 1 aliphatic rings. The molecule has 1 saturated heterocycles. The van der Waals surface area contributed by atoms with Crippen LogP contribution in [0.3, 0.4) is 0 Å². The molecule has 0 spiro atoms. The van der Waals surface area contributed by atoms with E-state index in [0.29, 0.717) is 19.4 Å². The minimum absolute atomic E-state index is 0.0796. The Kier molecular flexibility index (Phi) is 5.27. The second kappa shape index (κ2) is 8.38. The summed E-state index contributed by atoms with van der Waals surface area (Å²) in [5, 5.41) is 9.95. The highest BCUT2D eigenvalue weighted by atomic mass is 16.4. The predicted octanol–water partition coefficient (Wildman–Crippen LogP) is 4.98. The number of para-hydroxylation sites is 2. The van der Waals surface area contributed by atoms with Crippen LogP contribution >= 0.6 is 0 Å². The van der Waals surface area contributed by atoms with E-state index >= 15 is 0 Å². The topological polar surface area (TPSA) is 78.3 Å². The highest BCUT2D eigenvalue weighted by molar-refractivity contribution is 5.75. The smallest absolute Gasteiger partial charge is 0.407 e. The summed E-state index contributed by atoms with van der Waals surface area (Å²) >= 11 is 0. The molecule has 5 rings (SSSR count). The molecule has 2 atom stereocenters. The van der Waals surface area contributed by atoms with Crippen molar-refractivity contribution in [1.82, 2.24) is 14.5 Å². The lowest BCUT2D eigenvalue weighted by atomic mass is 9.87. The molecule has 0 bridgehead atoms. The summed E-state index contributed by atoms with van der Waals surface area (Å²) in [6.45, 7) is 0.385. The number of fused-ring (bicyclic) bond motifs is 1. The molecule has 0 saturated carbocycles. The van der Waals surface area contributed by atoms with Gasteiger partial charge in [0.25, 0.3) is 0 Å². The Labute approximate surface area is 185 Å². The number of benzene rings is 3. The molecular formula is C26H25N3O3. The van der Waals surface area contributed by atoms with Gasteiger partial charge in [0.05, 0.1) is 17.1 Å². The Morgan fingerprint density at radius 2 is 1.69 bits per heavy atom. The van der Waals surface area contributed by atoms with Crippen molar-refractivity contribution >= 4 is 17.1 Å². The van der Waals surface area contributed by atoms with E-state index in [0.717, 1.165) is 28.6 Å². The fourth-order valence-electron chi connectivity index (χ4n) is 4.98. The Balaban J connectivity index is 1.54. The van der Waals surface area contributed by atoms with Crippen LogP contribution in [0.4, 0.5) is 4.79 Å². The molecule has 6 heteroatoms. The predicted molar refractivity (Wildman–Crippen MR) is 124 cm³/mol. The summed E-state index contributed by atoms with van der Waals surface area (Å²) < 4.78 is 1.81. The second-order valence-corrected chi connectivity index (χ2v) is 8.35. The molecule has 162 valence electrons. The van der Waals surface area contributed by atoms with Crippen LogP contribution in [-0.2, 0) is 6.42 Å². The summed E-state index contributed by atoms with van der Waals surface area (Å²) in [4.78, 5) is 29.4. The maximum atomic E-state index is 12.8. The Hall–Kier alpha value is -3.80. The van der Waals surface area contributed by atoms with Gasteiger partial charge in [-0.25, -0.2) is 9.59 Å². The van der Waals surface area contributed by atoms with Crippen molar-refractivity contribution in [3.63, 3.8) is 0 Å². The summed E-state index contributed by atoms with van der Waals surface area (Å²) in [7, 11) is 0. The molecule has 2 N–H and O–H groups in total. The van der Waals surface area contributed by atoms with Crippen LogP contribution in [0.2, 0.25) is 0 Å². The van der Waals surface area contributed by atoms with E-state index in [1.165, 1.54) is 10.5 Å². The van der Waals surface area contributed by atoms with E-state index < -0.39 is 6.09 Å². The molecule has 3 aromatic carbocycles. The molecule has 1 amide bonds. The molecule has 1 fully saturated rings. The minimum atomic E-state index is -0.922. The van der Waals surface area contributed by atoms with Gasteiger partial charge in [0.2, 0.25) is 0 Å².